The summed E-state index contributed by atoms with van der Waals surface area (Å²) < 4.78 is 10.5. The Kier molecular flexibility index (Phi) is 5.39. The van der Waals surface area contributed by atoms with Crippen molar-refractivity contribution in [2.75, 3.05) is 26.2 Å². The third-order valence-corrected chi connectivity index (χ3v) is 3.61. The van der Waals surface area contributed by atoms with Crippen molar-refractivity contribution in [3.8, 4) is 0 Å². The smallest absolute Gasteiger partial charge is 0.129 e. The largest absolute Gasteiger partial charge is 0.467 e. The van der Waals surface area contributed by atoms with Gasteiger partial charge in [-0.15, -0.1) is 0 Å². The van der Waals surface area contributed by atoms with E-state index in [1.54, 1.807) is 6.26 Å². The van der Waals surface area contributed by atoms with Crippen molar-refractivity contribution in [3.05, 3.63) is 24.2 Å². The summed E-state index contributed by atoms with van der Waals surface area (Å²) in [5, 5.41) is 19.7. The van der Waals surface area contributed by atoms with Crippen LogP contribution in [0.3, 0.4) is 0 Å². The summed E-state index contributed by atoms with van der Waals surface area (Å²) >= 11 is 0. The van der Waals surface area contributed by atoms with Crippen molar-refractivity contribution in [2.24, 2.45) is 5.92 Å². The third-order valence-electron chi connectivity index (χ3n) is 3.61. The summed E-state index contributed by atoms with van der Waals surface area (Å²) in [6.07, 6.45) is 1.76. The van der Waals surface area contributed by atoms with Crippen molar-refractivity contribution in [1.82, 2.24) is 4.90 Å². The highest BCUT2D eigenvalue weighted by Crippen LogP contribution is 2.17. The van der Waals surface area contributed by atoms with Gasteiger partial charge in [0.15, 0.2) is 0 Å². The van der Waals surface area contributed by atoms with E-state index in [-0.39, 0.29) is 12.7 Å². The van der Waals surface area contributed by atoms with Crippen LogP contribution in [0.2, 0.25) is 0 Å². The Morgan fingerprint density at radius 3 is 3.11 bits per heavy atom. The molecule has 1 saturated heterocycles. The maximum Gasteiger partial charge on any atom is 0.129 e. The number of piperidine rings is 1. The van der Waals surface area contributed by atoms with E-state index in [4.69, 9.17) is 9.15 Å². The molecule has 1 aliphatic rings. The molecular formula is C14H23NO4. The first kappa shape index (κ1) is 14.5. The number of β-amino-alcohol motifs (C(OH)–C–C–N with tert-alkyl or cyclic N) is 2. The zero-order chi connectivity index (χ0) is 13.7. The van der Waals surface area contributed by atoms with E-state index >= 15 is 0 Å². The van der Waals surface area contributed by atoms with Crippen LogP contribution in [-0.4, -0.2) is 53.6 Å². The molecule has 2 N–H and O–H groups in total. The topological polar surface area (TPSA) is 66.1 Å². The number of aliphatic hydroxyl groups is 2. The molecule has 0 saturated carbocycles. The van der Waals surface area contributed by atoms with Gasteiger partial charge in [0.2, 0.25) is 0 Å². The molecule has 1 aromatic rings. The molecule has 1 aromatic heterocycles. The first-order valence-electron chi connectivity index (χ1n) is 6.83. The molecule has 0 radical (unpaired) electrons. The Morgan fingerprint density at radius 2 is 2.42 bits per heavy atom. The van der Waals surface area contributed by atoms with Crippen LogP contribution in [0.15, 0.2) is 22.8 Å². The summed E-state index contributed by atoms with van der Waals surface area (Å²) in [7, 11) is 0. The van der Waals surface area contributed by atoms with Crippen LogP contribution in [0, 0.1) is 5.92 Å². The first-order chi connectivity index (χ1) is 9.15. The standard InChI is InChI=1S/C14H23NO4/c1-11-4-5-15(8-14(11)17)7-12(16)9-18-10-13-3-2-6-19-13/h2-3,6,11-12,14,16-17H,4-5,7-10H2,1H3. The fourth-order valence-corrected chi connectivity index (χ4v) is 2.32. The maximum atomic E-state index is 9.90. The fourth-order valence-electron chi connectivity index (χ4n) is 2.32. The highest BCUT2D eigenvalue weighted by molar-refractivity contribution is 4.96. The molecular weight excluding hydrogens is 246 g/mol. The molecule has 108 valence electrons. The highest BCUT2D eigenvalue weighted by atomic mass is 16.5. The van der Waals surface area contributed by atoms with Gasteiger partial charge in [-0.3, -0.25) is 4.90 Å². The lowest BCUT2D eigenvalue weighted by Gasteiger charge is -2.35. The van der Waals surface area contributed by atoms with Crippen molar-refractivity contribution in [1.29, 1.82) is 0 Å². The fraction of sp³-hybridized carbons (Fsp3) is 0.714. The van der Waals surface area contributed by atoms with Gasteiger partial charge in [0.05, 0.1) is 25.1 Å². The number of aliphatic hydroxyl groups excluding tert-OH is 2. The van der Waals surface area contributed by atoms with Crippen molar-refractivity contribution in [2.45, 2.75) is 32.2 Å². The zero-order valence-corrected chi connectivity index (χ0v) is 11.4. The van der Waals surface area contributed by atoms with Crippen LogP contribution in [0.25, 0.3) is 0 Å². The summed E-state index contributed by atoms with van der Waals surface area (Å²) in [6.45, 7) is 4.82. The first-order valence-corrected chi connectivity index (χ1v) is 6.83. The van der Waals surface area contributed by atoms with E-state index in [9.17, 15) is 10.2 Å². The highest BCUT2D eigenvalue weighted by Gasteiger charge is 2.25. The van der Waals surface area contributed by atoms with Crippen LogP contribution < -0.4 is 0 Å². The van der Waals surface area contributed by atoms with Gasteiger partial charge in [-0.05, 0) is 31.0 Å². The minimum absolute atomic E-state index is 0.281. The molecule has 5 nitrogen and oxygen atoms in total. The predicted octanol–water partition coefficient (Wildman–Crippen LogP) is 0.860. The number of likely N-dealkylation sites (tertiary alicyclic amines) is 1. The minimum Gasteiger partial charge on any atom is -0.467 e. The summed E-state index contributed by atoms with van der Waals surface area (Å²) in [4.78, 5) is 2.09. The molecule has 5 heteroatoms. The molecule has 2 rings (SSSR count). The van der Waals surface area contributed by atoms with Gasteiger partial charge in [-0.1, -0.05) is 6.92 Å². The Bertz CT molecular complexity index is 354. The minimum atomic E-state index is -0.532. The lowest BCUT2D eigenvalue weighted by atomic mass is 9.96. The lowest BCUT2D eigenvalue weighted by molar-refractivity contribution is -0.0220. The molecule has 3 atom stereocenters. The van der Waals surface area contributed by atoms with Gasteiger partial charge in [-0.2, -0.15) is 0 Å². The predicted molar refractivity (Wildman–Crippen MR) is 70.6 cm³/mol. The molecule has 0 amide bonds. The van der Waals surface area contributed by atoms with Crippen molar-refractivity contribution < 1.29 is 19.4 Å². The summed E-state index contributed by atoms with van der Waals surface area (Å²) in [5.74, 6) is 1.11. The van der Waals surface area contributed by atoms with Crippen LogP contribution >= 0.6 is 0 Å². The average molecular weight is 269 g/mol. The second-order valence-corrected chi connectivity index (χ2v) is 5.34. The Labute approximate surface area is 113 Å². The molecule has 2 heterocycles. The number of furan rings is 1. The Hall–Kier alpha value is -0.880. The molecule has 0 bridgehead atoms. The van der Waals surface area contributed by atoms with Gasteiger partial charge in [0.1, 0.15) is 12.4 Å². The number of ether oxygens (including phenoxy) is 1. The van der Waals surface area contributed by atoms with Crippen LogP contribution in [-0.2, 0) is 11.3 Å². The number of hydrogen-bond acceptors (Lipinski definition) is 5. The van der Waals surface area contributed by atoms with E-state index in [1.807, 2.05) is 12.1 Å². The Balaban J connectivity index is 1.62. The zero-order valence-electron chi connectivity index (χ0n) is 11.4. The second-order valence-electron chi connectivity index (χ2n) is 5.34. The second kappa shape index (κ2) is 7.05. The van der Waals surface area contributed by atoms with Gasteiger partial charge in [0, 0.05) is 13.1 Å². The van der Waals surface area contributed by atoms with Gasteiger partial charge >= 0.3 is 0 Å². The van der Waals surface area contributed by atoms with E-state index in [0.29, 0.717) is 25.6 Å². The quantitative estimate of drug-likeness (QED) is 0.802. The number of nitrogens with zero attached hydrogens (tertiary/aromatic N) is 1. The monoisotopic (exact) mass is 269 g/mol. The van der Waals surface area contributed by atoms with Gasteiger partial charge in [-0.25, -0.2) is 0 Å². The third kappa shape index (κ3) is 4.62. The lowest BCUT2D eigenvalue weighted by Crippen LogP contribution is -2.46. The normalized spacial score (nSPS) is 26.5. The summed E-state index contributed by atoms with van der Waals surface area (Å²) in [6, 6.07) is 3.65. The number of hydrogen-bond donors (Lipinski definition) is 2. The van der Waals surface area contributed by atoms with Crippen LogP contribution in [0.5, 0.6) is 0 Å². The van der Waals surface area contributed by atoms with Crippen LogP contribution in [0.1, 0.15) is 19.1 Å². The molecule has 0 aromatic carbocycles. The average Bonchev–Trinajstić information content (AvgIpc) is 2.87. The van der Waals surface area contributed by atoms with Crippen molar-refractivity contribution in [3.63, 3.8) is 0 Å². The van der Waals surface area contributed by atoms with E-state index < -0.39 is 6.10 Å². The van der Waals surface area contributed by atoms with Gasteiger partial charge in [0.25, 0.3) is 0 Å². The van der Waals surface area contributed by atoms with Crippen LogP contribution in [0.4, 0.5) is 0 Å². The molecule has 0 aliphatic carbocycles. The summed E-state index contributed by atoms with van der Waals surface area (Å²) in [5.41, 5.74) is 0. The Morgan fingerprint density at radius 1 is 1.58 bits per heavy atom. The molecule has 0 spiro atoms. The molecule has 1 fully saturated rings. The van der Waals surface area contributed by atoms with Gasteiger partial charge < -0.3 is 19.4 Å². The SMILES string of the molecule is CC1CCN(CC(O)COCc2ccco2)CC1O. The number of rotatable bonds is 6. The maximum absolute atomic E-state index is 9.90. The molecule has 1 aliphatic heterocycles. The van der Waals surface area contributed by atoms with E-state index in [1.165, 1.54) is 0 Å². The molecule has 3 unspecified atom stereocenters. The van der Waals surface area contributed by atoms with E-state index in [0.717, 1.165) is 18.7 Å². The van der Waals surface area contributed by atoms with E-state index in [2.05, 4.69) is 11.8 Å². The van der Waals surface area contributed by atoms with Crippen molar-refractivity contribution >= 4 is 0 Å². The molecule has 19 heavy (non-hydrogen) atoms.